The van der Waals surface area contributed by atoms with E-state index in [1.807, 2.05) is 58.9 Å². The van der Waals surface area contributed by atoms with Crippen molar-refractivity contribution in [2.24, 2.45) is 4.99 Å². The molecule has 0 aliphatic carbocycles. The topological polar surface area (TPSA) is 32.7 Å². The number of hydrogen-bond donors (Lipinski definition) is 0. The molecule has 0 radical (unpaired) electrons. The summed E-state index contributed by atoms with van der Waals surface area (Å²) in [6.07, 6.45) is 1.64. The van der Waals surface area contributed by atoms with E-state index in [0.29, 0.717) is 12.1 Å². The van der Waals surface area contributed by atoms with E-state index in [2.05, 4.69) is 4.99 Å². The number of carbonyl (C=O) groups excluding carboxylic acids is 1. The number of aryl methyl sites for hydroxylation is 1. The molecule has 3 heteroatoms. The number of aliphatic imine (C=N–C) groups is 1. The van der Waals surface area contributed by atoms with E-state index in [1.54, 1.807) is 11.2 Å². The summed E-state index contributed by atoms with van der Waals surface area (Å²) in [6.45, 7) is 10.6. The number of amides is 1. The zero-order valence-corrected chi connectivity index (χ0v) is 11.9. The molecule has 98 valence electrons. The lowest BCUT2D eigenvalue weighted by Crippen LogP contribution is -2.30. The summed E-state index contributed by atoms with van der Waals surface area (Å²) in [6, 6.07) is 7.60. The zero-order chi connectivity index (χ0) is 13.8. The van der Waals surface area contributed by atoms with Gasteiger partial charge in [0.15, 0.2) is 0 Å². The van der Waals surface area contributed by atoms with Crippen LogP contribution in [0.3, 0.4) is 0 Å². The number of hydrogen-bond acceptors (Lipinski definition) is 2. The molecule has 3 nitrogen and oxygen atoms in total. The highest BCUT2D eigenvalue weighted by Gasteiger charge is 2.13. The van der Waals surface area contributed by atoms with Gasteiger partial charge in [0.1, 0.15) is 0 Å². The van der Waals surface area contributed by atoms with Crippen LogP contribution < -0.4 is 0 Å². The molecule has 0 atom stereocenters. The highest BCUT2D eigenvalue weighted by molar-refractivity contribution is 6.00. The monoisotopic (exact) mass is 246 g/mol. The Morgan fingerprint density at radius 2 is 1.83 bits per heavy atom. The SMILES string of the molecule is CCN(C=NC(C)(C)C)C(=O)c1ccc(C)cc1. The Balaban J connectivity index is 2.86. The molecule has 18 heavy (non-hydrogen) atoms. The summed E-state index contributed by atoms with van der Waals surface area (Å²) in [4.78, 5) is 18.2. The first-order chi connectivity index (χ1) is 8.33. The fourth-order valence-electron chi connectivity index (χ4n) is 1.38. The third kappa shape index (κ3) is 4.32. The van der Waals surface area contributed by atoms with Gasteiger partial charge in [-0.05, 0) is 46.8 Å². The largest absolute Gasteiger partial charge is 0.299 e. The van der Waals surface area contributed by atoms with Crippen molar-refractivity contribution < 1.29 is 4.79 Å². The van der Waals surface area contributed by atoms with Gasteiger partial charge in [0.05, 0.1) is 11.9 Å². The molecule has 0 unspecified atom stereocenters. The average Bonchev–Trinajstić information content (AvgIpc) is 2.29. The molecule has 1 amide bonds. The van der Waals surface area contributed by atoms with E-state index in [0.717, 1.165) is 5.56 Å². The van der Waals surface area contributed by atoms with Gasteiger partial charge in [0, 0.05) is 12.1 Å². The quantitative estimate of drug-likeness (QED) is 0.595. The van der Waals surface area contributed by atoms with Gasteiger partial charge in [-0.3, -0.25) is 14.7 Å². The van der Waals surface area contributed by atoms with Crippen molar-refractivity contribution in [3.8, 4) is 0 Å². The lowest BCUT2D eigenvalue weighted by molar-refractivity contribution is 0.0857. The molecule has 0 fully saturated rings. The van der Waals surface area contributed by atoms with E-state index in [-0.39, 0.29) is 11.4 Å². The van der Waals surface area contributed by atoms with Crippen LogP contribution in [-0.4, -0.2) is 29.2 Å². The van der Waals surface area contributed by atoms with Gasteiger partial charge in [-0.2, -0.15) is 0 Å². The molecular formula is C15H22N2O. The van der Waals surface area contributed by atoms with Crippen molar-refractivity contribution in [3.05, 3.63) is 35.4 Å². The van der Waals surface area contributed by atoms with E-state index in [1.165, 1.54) is 0 Å². The van der Waals surface area contributed by atoms with E-state index >= 15 is 0 Å². The van der Waals surface area contributed by atoms with Crippen LogP contribution in [0.15, 0.2) is 29.3 Å². The molecule has 0 bridgehead atoms. The molecule has 0 aromatic heterocycles. The Hall–Kier alpha value is -1.64. The van der Waals surface area contributed by atoms with Gasteiger partial charge in [0.25, 0.3) is 5.91 Å². The van der Waals surface area contributed by atoms with Gasteiger partial charge in [-0.25, -0.2) is 0 Å². The van der Waals surface area contributed by atoms with Crippen molar-refractivity contribution >= 4 is 12.2 Å². The minimum absolute atomic E-state index is 0.00880. The molecule has 1 rings (SSSR count). The van der Waals surface area contributed by atoms with Crippen LogP contribution in [0.25, 0.3) is 0 Å². The number of benzene rings is 1. The number of rotatable bonds is 3. The molecule has 0 heterocycles. The fraction of sp³-hybridized carbons (Fsp3) is 0.467. The smallest absolute Gasteiger partial charge is 0.258 e. The summed E-state index contributed by atoms with van der Waals surface area (Å²) in [5, 5.41) is 0. The molecule has 0 spiro atoms. The third-order valence-electron chi connectivity index (χ3n) is 2.48. The van der Waals surface area contributed by atoms with Crippen LogP contribution in [0.1, 0.15) is 43.6 Å². The normalized spacial score (nSPS) is 11.8. The maximum absolute atomic E-state index is 12.2. The molecule has 1 aromatic carbocycles. The standard InChI is InChI=1S/C15H22N2O/c1-6-17(11-16-15(3,4)5)14(18)13-9-7-12(2)8-10-13/h7-11H,6H2,1-5H3. The highest BCUT2D eigenvalue weighted by atomic mass is 16.2. The Morgan fingerprint density at radius 1 is 1.28 bits per heavy atom. The number of carbonyl (C=O) groups is 1. The van der Waals surface area contributed by atoms with E-state index in [9.17, 15) is 4.79 Å². The first kappa shape index (κ1) is 14.4. The van der Waals surface area contributed by atoms with Gasteiger partial charge in [-0.15, -0.1) is 0 Å². The van der Waals surface area contributed by atoms with Gasteiger partial charge in [-0.1, -0.05) is 17.7 Å². The molecule has 1 aromatic rings. The van der Waals surface area contributed by atoms with Crippen LogP contribution in [0.4, 0.5) is 0 Å². The second-order valence-electron chi connectivity index (χ2n) is 5.37. The van der Waals surface area contributed by atoms with Crippen molar-refractivity contribution in [1.82, 2.24) is 4.90 Å². The molecule has 0 aliphatic heterocycles. The molecular weight excluding hydrogens is 224 g/mol. The van der Waals surface area contributed by atoms with Gasteiger partial charge in [0.2, 0.25) is 0 Å². The predicted octanol–water partition coefficient (Wildman–Crippen LogP) is 3.28. The lowest BCUT2D eigenvalue weighted by atomic mass is 10.1. The molecule has 0 saturated heterocycles. The van der Waals surface area contributed by atoms with E-state index < -0.39 is 0 Å². The minimum atomic E-state index is -0.166. The van der Waals surface area contributed by atoms with Crippen molar-refractivity contribution in [2.45, 2.75) is 40.2 Å². The maximum Gasteiger partial charge on any atom is 0.258 e. The zero-order valence-electron chi connectivity index (χ0n) is 11.9. The second kappa shape index (κ2) is 5.80. The first-order valence-electron chi connectivity index (χ1n) is 6.26. The molecule has 0 N–H and O–H groups in total. The highest BCUT2D eigenvalue weighted by Crippen LogP contribution is 2.08. The third-order valence-corrected chi connectivity index (χ3v) is 2.48. The Bertz CT molecular complexity index is 427. The van der Waals surface area contributed by atoms with Gasteiger partial charge < -0.3 is 0 Å². The van der Waals surface area contributed by atoms with Crippen molar-refractivity contribution in [1.29, 1.82) is 0 Å². The minimum Gasteiger partial charge on any atom is -0.299 e. The Morgan fingerprint density at radius 3 is 2.28 bits per heavy atom. The van der Waals surface area contributed by atoms with Crippen molar-refractivity contribution in [2.75, 3.05) is 6.54 Å². The van der Waals surface area contributed by atoms with Crippen molar-refractivity contribution in [3.63, 3.8) is 0 Å². The van der Waals surface area contributed by atoms with E-state index in [4.69, 9.17) is 0 Å². The fourth-order valence-corrected chi connectivity index (χ4v) is 1.38. The predicted molar refractivity (Wildman–Crippen MR) is 76.1 cm³/mol. The summed E-state index contributed by atoms with van der Waals surface area (Å²) in [5.41, 5.74) is 1.68. The Labute approximate surface area is 110 Å². The van der Waals surface area contributed by atoms with Crippen LogP contribution in [0.2, 0.25) is 0 Å². The Kier molecular flexibility index (Phi) is 4.65. The van der Waals surface area contributed by atoms with Gasteiger partial charge >= 0.3 is 0 Å². The molecule has 0 saturated carbocycles. The first-order valence-corrected chi connectivity index (χ1v) is 6.26. The average molecular weight is 246 g/mol. The molecule has 0 aliphatic rings. The summed E-state index contributed by atoms with van der Waals surface area (Å²) in [7, 11) is 0. The summed E-state index contributed by atoms with van der Waals surface area (Å²) in [5.74, 6) is -0.00880. The second-order valence-corrected chi connectivity index (χ2v) is 5.37. The van der Waals surface area contributed by atoms with Crippen LogP contribution >= 0.6 is 0 Å². The maximum atomic E-state index is 12.2. The number of nitrogens with zero attached hydrogens (tertiary/aromatic N) is 2. The summed E-state index contributed by atoms with van der Waals surface area (Å²) >= 11 is 0. The van der Waals surface area contributed by atoms with Crippen LogP contribution in [-0.2, 0) is 0 Å². The van der Waals surface area contributed by atoms with Crippen LogP contribution in [0, 0.1) is 6.92 Å². The summed E-state index contributed by atoms with van der Waals surface area (Å²) < 4.78 is 0. The van der Waals surface area contributed by atoms with Crippen LogP contribution in [0.5, 0.6) is 0 Å². The lowest BCUT2D eigenvalue weighted by Gasteiger charge is -2.18.